The SMILES string of the molecule is CC(C)(C)C(=O)N1CCCC1C(=O)NC1CCCCC1O. The third-order valence-corrected chi connectivity index (χ3v) is 4.52. The summed E-state index contributed by atoms with van der Waals surface area (Å²) in [6.45, 7) is 6.30. The van der Waals surface area contributed by atoms with Gasteiger partial charge >= 0.3 is 0 Å². The zero-order chi connectivity index (χ0) is 15.6. The molecule has 0 aromatic heterocycles. The Morgan fingerprint density at radius 3 is 2.38 bits per heavy atom. The number of nitrogens with zero attached hydrogens (tertiary/aromatic N) is 1. The van der Waals surface area contributed by atoms with Crippen LogP contribution < -0.4 is 5.32 Å². The van der Waals surface area contributed by atoms with Gasteiger partial charge in [-0.25, -0.2) is 0 Å². The summed E-state index contributed by atoms with van der Waals surface area (Å²) in [5.41, 5.74) is -0.465. The molecule has 1 saturated heterocycles. The number of carbonyl (C=O) groups excluding carboxylic acids is 2. The molecule has 0 bridgehead atoms. The Hall–Kier alpha value is -1.10. The highest BCUT2D eigenvalue weighted by molar-refractivity contribution is 5.90. The number of rotatable bonds is 2. The maximum absolute atomic E-state index is 12.5. The lowest BCUT2D eigenvalue weighted by Gasteiger charge is -2.33. The maximum atomic E-state index is 12.5. The van der Waals surface area contributed by atoms with E-state index in [0.717, 1.165) is 38.5 Å². The van der Waals surface area contributed by atoms with Gasteiger partial charge in [-0.1, -0.05) is 33.6 Å². The number of amides is 2. The highest BCUT2D eigenvalue weighted by atomic mass is 16.3. The molecule has 0 aromatic carbocycles. The summed E-state index contributed by atoms with van der Waals surface area (Å²) in [7, 11) is 0. The second-order valence-corrected chi connectivity index (χ2v) is 7.37. The predicted octanol–water partition coefficient (Wildman–Crippen LogP) is 1.44. The summed E-state index contributed by atoms with van der Waals surface area (Å²) >= 11 is 0. The Morgan fingerprint density at radius 2 is 1.76 bits per heavy atom. The molecule has 1 heterocycles. The van der Waals surface area contributed by atoms with Crippen LogP contribution in [-0.2, 0) is 9.59 Å². The monoisotopic (exact) mass is 296 g/mol. The van der Waals surface area contributed by atoms with E-state index >= 15 is 0 Å². The highest BCUT2D eigenvalue weighted by Gasteiger charge is 2.39. The van der Waals surface area contributed by atoms with Gasteiger partial charge in [0.2, 0.25) is 11.8 Å². The van der Waals surface area contributed by atoms with E-state index in [0.29, 0.717) is 6.54 Å². The van der Waals surface area contributed by atoms with Gasteiger partial charge in [0.1, 0.15) is 6.04 Å². The summed E-state index contributed by atoms with van der Waals surface area (Å²) in [6.07, 6.45) is 4.77. The van der Waals surface area contributed by atoms with Crippen molar-refractivity contribution in [1.82, 2.24) is 10.2 Å². The van der Waals surface area contributed by atoms with E-state index in [1.807, 2.05) is 20.8 Å². The van der Waals surface area contributed by atoms with Gasteiger partial charge in [0.05, 0.1) is 12.1 Å². The summed E-state index contributed by atoms with van der Waals surface area (Å²) in [5.74, 6) is -0.0691. The molecular weight excluding hydrogens is 268 g/mol. The quantitative estimate of drug-likeness (QED) is 0.810. The zero-order valence-corrected chi connectivity index (χ0v) is 13.4. The number of likely N-dealkylation sites (tertiary alicyclic amines) is 1. The van der Waals surface area contributed by atoms with Crippen LogP contribution in [0.1, 0.15) is 59.3 Å². The van der Waals surface area contributed by atoms with E-state index in [4.69, 9.17) is 0 Å². The normalized spacial score (nSPS) is 30.3. The largest absolute Gasteiger partial charge is 0.391 e. The van der Waals surface area contributed by atoms with Crippen LogP contribution in [0.3, 0.4) is 0 Å². The van der Waals surface area contributed by atoms with Gasteiger partial charge in [-0.2, -0.15) is 0 Å². The smallest absolute Gasteiger partial charge is 0.243 e. The van der Waals surface area contributed by atoms with Crippen molar-refractivity contribution < 1.29 is 14.7 Å². The molecule has 120 valence electrons. The van der Waals surface area contributed by atoms with Gasteiger partial charge in [0.25, 0.3) is 0 Å². The van der Waals surface area contributed by atoms with Crippen molar-refractivity contribution in [2.45, 2.75) is 77.5 Å². The van der Waals surface area contributed by atoms with Gasteiger partial charge < -0.3 is 15.3 Å². The summed E-state index contributed by atoms with van der Waals surface area (Å²) in [5, 5.41) is 12.9. The molecule has 21 heavy (non-hydrogen) atoms. The maximum Gasteiger partial charge on any atom is 0.243 e. The Balaban J connectivity index is 1.99. The molecule has 1 saturated carbocycles. The highest BCUT2D eigenvalue weighted by Crippen LogP contribution is 2.26. The van der Waals surface area contributed by atoms with Gasteiger partial charge in [-0.15, -0.1) is 0 Å². The van der Waals surface area contributed by atoms with Crippen LogP contribution in [0.15, 0.2) is 0 Å². The molecule has 3 unspecified atom stereocenters. The Bertz CT molecular complexity index is 403. The van der Waals surface area contributed by atoms with Crippen molar-refractivity contribution >= 4 is 11.8 Å². The molecule has 1 aliphatic heterocycles. The molecule has 2 aliphatic rings. The molecule has 0 aromatic rings. The second-order valence-electron chi connectivity index (χ2n) is 7.37. The second kappa shape index (κ2) is 6.34. The van der Waals surface area contributed by atoms with E-state index in [9.17, 15) is 14.7 Å². The lowest BCUT2D eigenvalue weighted by atomic mass is 9.92. The first-order chi connectivity index (χ1) is 9.80. The van der Waals surface area contributed by atoms with E-state index in [1.54, 1.807) is 4.90 Å². The number of hydrogen-bond acceptors (Lipinski definition) is 3. The molecule has 5 nitrogen and oxygen atoms in total. The Morgan fingerprint density at radius 1 is 1.10 bits per heavy atom. The van der Waals surface area contributed by atoms with Crippen LogP contribution in [0.25, 0.3) is 0 Å². The predicted molar refractivity (Wildman–Crippen MR) is 80.6 cm³/mol. The molecule has 1 aliphatic carbocycles. The van der Waals surface area contributed by atoms with Crippen molar-refractivity contribution in [3.05, 3.63) is 0 Å². The van der Waals surface area contributed by atoms with Crippen LogP contribution in [-0.4, -0.2) is 46.6 Å². The Labute approximate surface area is 127 Å². The molecule has 2 amide bonds. The van der Waals surface area contributed by atoms with Gasteiger partial charge in [0.15, 0.2) is 0 Å². The van der Waals surface area contributed by atoms with Crippen molar-refractivity contribution in [2.75, 3.05) is 6.54 Å². The van der Waals surface area contributed by atoms with Crippen molar-refractivity contribution in [3.8, 4) is 0 Å². The fourth-order valence-corrected chi connectivity index (χ4v) is 3.27. The van der Waals surface area contributed by atoms with Gasteiger partial charge in [0, 0.05) is 12.0 Å². The molecule has 3 atom stereocenters. The molecule has 2 fully saturated rings. The van der Waals surface area contributed by atoms with E-state index in [1.165, 1.54) is 0 Å². The van der Waals surface area contributed by atoms with Crippen molar-refractivity contribution in [3.63, 3.8) is 0 Å². The van der Waals surface area contributed by atoms with Crippen molar-refractivity contribution in [1.29, 1.82) is 0 Å². The van der Waals surface area contributed by atoms with Crippen LogP contribution in [0.5, 0.6) is 0 Å². The topological polar surface area (TPSA) is 69.6 Å². The van der Waals surface area contributed by atoms with Crippen LogP contribution in [0.2, 0.25) is 0 Å². The minimum atomic E-state index is -0.465. The first kappa shape index (κ1) is 16.3. The first-order valence-electron chi connectivity index (χ1n) is 8.10. The van der Waals surface area contributed by atoms with E-state index in [2.05, 4.69) is 5.32 Å². The van der Waals surface area contributed by atoms with Crippen LogP contribution in [0.4, 0.5) is 0 Å². The number of nitrogens with one attached hydrogen (secondary N) is 1. The lowest BCUT2D eigenvalue weighted by Crippen LogP contribution is -2.54. The minimum absolute atomic E-state index is 0.0318. The number of hydrogen-bond donors (Lipinski definition) is 2. The molecule has 0 radical (unpaired) electrons. The standard InChI is InChI=1S/C16H28N2O3/c1-16(2,3)15(21)18-10-6-8-12(18)14(20)17-11-7-4-5-9-13(11)19/h11-13,19H,4-10H2,1-3H3,(H,17,20). The lowest BCUT2D eigenvalue weighted by molar-refractivity contribution is -0.145. The Kier molecular flexibility index (Phi) is 4.91. The summed E-state index contributed by atoms with van der Waals surface area (Å²) < 4.78 is 0. The number of carbonyl (C=O) groups is 2. The molecule has 2 N–H and O–H groups in total. The average molecular weight is 296 g/mol. The van der Waals surface area contributed by atoms with Gasteiger partial charge in [-0.05, 0) is 25.7 Å². The molecule has 2 rings (SSSR count). The third-order valence-electron chi connectivity index (χ3n) is 4.52. The van der Waals surface area contributed by atoms with Crippen molar-refractivity contribution in [2.24, 2.45) is 5.41 Å². The van der Waals surface area contributed by atoms with Gasteiger partial charge in [-0.3, -0.25) is 9.59 Å². The van der Waals surface area contributed by atoms with E-state index in [-0.39, 0.29) is 23.9 Å². The minimum Gasteiger partial charge on any atom is -0.391 e. The fraction of sp³-hybridized carbons (Fsp3) is 0.875. The fourth-order valence-electron chi connectivity index (χ4n) is 3.27. The third kappa shape index (κ3) is 3.76. The average Bonchev–Trinajstić information content (AvgIpc) is 2.88. The van der Waals surface area contributed by atoms with Crippen LogP contribution in [0, 0.1) is 5.41 Å². The molecular formula is C16H28N2O3. The molecule has 5 heteroatoms. The number of aliphatic hydroxyl groups excluding tert-OH is 1. The summed E-state index contributed by atoms with van der Waals surface area (Å²) in [6, 6.07) is -0.524. The number of aliphatic hydroxyl groups is 1. The first-order valence-corrected chi connectivity index (χ1v) is 8.10. The zero-order valence-electron chi connectivity index (χ0n) is 13.4. The summed E-state index contributed by atoms with van der Waals surface area (Å²) in [4.78, 5) is 26.6. The molecule has 0 spiro atoms. The van der Waals surface area contributed by atoms with Crippen LogP contribution >= 0.6 is 0 Å². The van der Waals surface area contributed by atoms with E-state index < -0.39 is 11.5 Å².